The van der Waals surface area contributed by atoms with Gasteiger partial charge in [0, 0.05) is 15.5 Å². The van der Waals surface area contributed by atoms with Crippen molar-refractivity contribution in [3.63, 3.8) is 0 Å². The molecule has 0 aromatic heterocycles. The highest BCUT2D eigenvalue weighted by Gasteiger charge is 2.13. The van der Waals surface area contributed by atoms with Crippen molar-refractivity contribution in [1.82, 2.24) is 0 Å². The number of ether oxygens (including phenoxy) is 1. The molecule has 0 atom stereocenters. The number of ketones is 1. The Morgan fingerprint density at radius 2 is 1.84 bits per heavy atom. The van der Waals surface area contributed by atoms with Crippen molar-refractivity contribution in [1.29, 1.82) is 0 Å². The second kappa shape index (κ2) is 6.13. The van der Waals surface area contributed by atoms with Crippen molar-refractivity contribution in [2.24, 2.45) is 0 Å². The number of halogens is 1. The predicted molar refractivity (Wildman–Crippen MR) is 78.6 cm³/mol. The van der Waals surface area contributed by atoms with Crippen LogP contribution >= 0.6 is 23.4 Å². The van der Waals surface area contributed by atoms with Crippen LogP contribution in [0.25, 0.3) is 0 Å². The van der Waals surface area contributed by atoms with E-state index in [1.54, 1.807) is 14.0 Å². The fourth-order valence-electron chi connectivity index (χ4n) is 1.68. The monoisotopic (exact) mass is 292 g/mol. The number of hydrogen-bond acceptors (Lipinski definition) is 3. The average molecular weight is 293 g/mol. The highest BCUT2D eigenvalue weighted by molar-refractivity contribution is 7.99. The summed E-state index contributed by atoms with van der Waals surface area (Å²) in [7, 11) is 1.60. The Morgan fingerprint density at radius 3 is 2.42 bits per heavy atom. The zero-order valence-corrected chi connectivity index (χ0v) is 12.2. The summed E-state index contributed by atoms with van der Waals surface area (Å²) >= 11 is 7.36. The van der Waals surface area contributed by atoms with Gasteiger partial charge in [-0.1, -0.05) is 35.5 Å². The van der Waals surface area contributed by atoms with Crippen LogP contribution in [-0.4, -0.2) is 12.9 Å². The summed E-state index contributed by atoms with van der Waals surface area (Å²) in [6.45, 7) is 1.56. The zero-order valence-electron chi connectivity index (χ0n) is 10.6. The van der Waals surface area contributed by atoms with E-state index in [2.05, 4.69) is 0 Å². The van der Waals surface area contributed by atoms with Crippen LogP contribution in [0.4, 0.5) is 0 Å². The van der Waals surface area contributed by atoms with E-state index in [-0.39, 0.29) is 5.78 Å². The topological polar surface area (TPSA) is 26.3 Å². The van der Waals surface area contributed by atoms with E-state index in [1.165, 1.54) is 11.8 Å². The second-order valence-electron chi connectivity index (χ2n) is 3.95. The molecule has 0 spiro atoms. The first kappa shape index (κ1) is 14.0. The van der Waals surface area contributed by atoms with Crippen LogP contribution in [-0.2, 0) is 0 Å². The lowest BCUT2D eigenvalue weighted by molar-refractivity contribution is 0.101. The molecular formula is C15H13ClO2S. The van der Waals surface area contributed by atoms with Gasteiger partial charge in [0.2, 0.25) is 0 Å². The van der Waals surface area contributed by atoms with Gasteiger partial charge in [0.15, 0.2) is 5.78 Å². The van der Waals surface area contributed by atoms with Gasteiger partial charge in [-0.2, -0.15) is 0 Å². The highest BCUT2D eigenvalue weighted by Crippen LogP contribution is 2.38. The number of benzene rings is 2. The van der Waals surface area contributed by atoms with Crippen molar-refractivity contribution in [2.45, 2.75) is 16.7 Å². The molecule has 0 bridgehead atoms. The Morgan fingerprint density at radius 1 is 1.16 bits per heavy atom. The van der Waals surface area contributed by atoms with Gasteiger partial charge in [-0.3, -0.25) is 4.79 Å². The summed E-state index contributed by atoms with van der Waals surface area (Å²) in [5.74, 6) is 0.725. The van der Waals surface area contributed by atoms with E-state index in [0.717, 1.165) is 9.79 Å². The van der Waals surface area contributed by atoms with E-state index >= 15 is 0 Å². The Kier molecular flexibility index (Phi) is 4.51. The van der Waals surface area contributed by atoms with Crippen LogP contribution < -0.4 is 4.74 Å². The molecule has 0 saturated heterocycles. The summed E-state index contributed by atoms with van der Waals surface area (Å²) in [5.41, 5.74) is 0.666. The molecule has 2 aromatic carbocycles. The number of methoxy groups -OCH3 is 1. The van der Waals surface area contributed by atoms with Gasteiger partial charge in [0.1, 0.15) is 5.75 Å². The maximum absolute atomic E-state index is 11.7. The summed E-state index contributed by atoms with van der Waals surface area (Å²) in [6.07, 6.45) is 0. The molecule has 98 valence electrons. The molecule has 0 fully saturated rings. The van der Waals surface area contributed by atoms with Crippen molar-refractivity contribution in [2.75, 3.05) is 7.11 Å². The second-order valence-corrected chi connectivity index (χ2v) is 5.47. The third-order valence-electron chi connectivity index (χ3n) is 2.61. The van der Waals surface area contributed by atoms with Crippen LogP contribution in [0, 0.1) is 0 Å². The molecule has 0 N–H and O–H groups in total. The van der Waals surface area contributed by atoms with Gasteiger partial charge in [-0.25, -0.2) is 0 Å². The lowest BCUT2D eigenvalue weighted by Gasteiger charge is -2.11. The smallest absolute Gasteiger partial charge is 0.161 e. The van der Waals surface area contributed by atoms with Gasteiger partial charge >= 0.3 is 0 Å². The van der Waals surface area contributed by atoms with Crippen molar-refractivity contribution in [3.05, 3.63) is 53.1 Å². The van der Waals surface area contributed by atoms with E-state index in [4.69, 9.17) is 16.3 Å². The van der Waals surface area contributed by atoms with Crippen LogP contribution in [0.15, 0.2) is 52.3 Å². The van der Waals surface area contributed by atoms with Crippen LogP contribution in [0.5, 0.6) is 5.75 Å². The maximum atomic E-state index is 11.7. The number of carbonyl (C=O) groups is 1. The zero-order chi connectivity index (χ0) is 13.8. The summed E-state index contributed by atoms with van der Waals surface area (Å²) in [4.78, 5) is 13.5. The third-order valence-corrected chi connectivity index (χ3v) is 4.00. The molecule has 0 aliphatic rings. The normalized spacial score (nSPS) is 10.3. The van der Waals surface area contributed by atoms with E-state index in [1.807, 2.05) is 42.5 Å². The van der Waals surface area contributed by atoms with Gasteiger partial charge in [0.05, 0.1) is 12.0 Å². The Bertz CT molecular complexity index is 594. The molecule has 0 aliphatic heterocycles. The fraction of sp³-hybridized carbons (Fsp3) is 0.133. The number of rotatable bonds is 4. The molecule has 0 aliphatic carbocycles. The minimum atomic E-state index is 0.0235. The standard InChI is InChI=1S/C15H13ClO2S/c1-10(17)13-4-3-5-14(18-2)15(13)19-12-8-6-11(16)7-9-12/h3-9H,1-2H3. The van der Waals surface area contributed by atoms with Crippen molar-refractivity contribution >= 4 is 29.1 Å². The van der Waals surface area contributed by atoms with Crippen molar-refractivity contribution < 1.29 is 9.53 Å². The summed E-state index contributed by atoms with van der Waals surface area (Å²) in [5, 5.41) is 0.691. The molecule has 0 unspecified atom stereocenters. The molecule has 2 aromatic rings. The van der Waals surface area contributed by atoms with Gasteiger partial charge in [0.25, 0.3) is 0 Å². The number of carbonyl (C=O) groups excluding carboxylic acids is 1. The van der Waals surface area contributed by atoms with Gasteiger partial charge in [-0.05, 0) is 37.3 Å². The number of Topliss-reactive ketones (excluding diaryl/α,β-unsaturated/α-hetero) is 1. The summed E-state index contributed by atoms with van der Waals surface area (Å²) < 4.78 is 5.33. The molecule has 2 nitrogen and oxygen atoms in total. The van der Waals surface area contributed by atoms with E-state index in [0.29, 0.717) is 16.3 Å². The molecular weight excluding hydrogens is 280 g/mol. The lowest BCUT2D eigenvalue weighted by atomic mass is 10.1. The Labute approximate surface area is 121 Å². The largest absolute Gasteiger partial charge is 0.496 e. The average Bonchev–Trinajstić information content (AvgIpc) is 2.41. The molecule has 0 heterocycles. The quantitative estimate of drug-likeness (QED) is 0.764. The highest BCUT2D eigenvalue weighted by atomic mass is 35.5. The number of hydrogen-bond donors (Lipinski definition) is 0. The molecule has 4 heteroatoms. The Hall–Kier alpha value is -1.45. The van der Waals surface area contributed by atoms with Crippen LogP contribution in [0.2, 0.25) is 5.02 Å². The van der Waals surface area contributed by atoms with E-state index in [9.17, 15) is 4.79 Å². The first-order valence-electron chi connectivity index (χ1n) is 5.73. The minimum Gasteiger partial charge on any atom is -0.496 e. The van der Waals surface area contributed by atoms with Crippen LogP contribution in [0.1, 0.15) is 17.3 Å². The van der Waals surface area contributed by atoms with Crippen LogP contribution in [0.3, 0.4) is 0 Å². The molecule has 0 radical (unpaired) electrons. The van der Waals surface area contributed by atoms with E-state index < -0.39 is 0 Å². The summed E-state index contributed by atoms with van der Waals surface area (Å²) in [6, 6.07) is 13.0. The fourth-order valence-corrected chi connectivity index (χ4v) is 2.89. The molecule has 2 rings (SSSR count). The molecule has 19 heavy (non-hydrogen) atoms. The van der Waals surface area contributed by atoms with Gasteiger partial charge < -0.3 is 4.74 Å². The third kappa shape index (κ3) is 3.31. The maximum Gasteiger partial charge on any atom is 0.161 e. The van der Waals surface area contributed by atoms with Crippen molar-refractivity contribution in [3.8, 4) is 5.75 Å². The Balaban J connectivity index is 2.42. The van der Waals surface area contributed by atoms with Gasteiger partial charge in [-0.15, -0.1) is 0 Å². The first-order valence-corrected chi connectivity index (χ1v) is 6.92. The lowest BCUT2D eigenvalue weighted by Crippen LogP contribution is -1.97. The molecule has 0 amide bonds. The first-order chi connectivity index (χ1) is 9.11. The molecule has 0 saturated carbocycles. The SMILES string of the molecule is COc1cccc(C(C)=O)c1Sc1ccc(Cl)cc1. The predicted octanol–water partition coefficient (Wildman–Crippen LogP) is 4.70. The minimum absolute atomic E-state index is 0.0235.